The van der Waals surface area contributed by atoms with Crippen LogP contribution in [0.2, 0.25) is 0 Å². The van der Waals surface area contributed by atoms with Gasteiger partial charge in [0.2, 0.25) is 0 Å². The van der Waals surface area contributed by atoms with E-state index in [0.717, 1.165) is 122 Å². The summed E-state index contributed by atoms with van der Waals surface area (Å²) < 4.78 is 68.7. The molecule has 0 aromatic heterocycles. The van der Waals surface area contributed by atoms with E-state index in [-0.39, 0.29) is 25.7 Å². The lowest BCUT2D eigenvalue weighted by Gasteiger charge is -2.21. The van der Waals surface area contributed by atoms with Gasteiger partial charge in [0.1, 0.15) is 19.3 Å². The Morgan fingerprint density at radius 2 is 0.481 bits per heavy atom. The van der Waals surface area contributed by atoms with Crippen LogP contribution in [0.25, 0.3) is 0 Å². The van der Waals surface area contributed by atoms with Crippen molar-refractivity contribution in [2.45, 2.75) is 406 Å². The summed E-state index contributed by atoms with van der Waals surface area (Å²) in [5.74, 6) is -2.23. The largest absolute Gasteiger partial charge is 0.472 e. The molecule has 19 heteroatoms. The predicted octanol–water partition coefficient (Wildman–Crippen LogP) is 24.8. The number of aliphatic hydroxyl groups is 1. The van der Waals surface area contributed by atoms with Crippen LogP contribution in [-0.4, -0.2) is 96.7 Å². The molecule has 0 radical (unpaired) electrons. The lowest BCUT2D eigenvalue weighted by atomic mass is 10.0. The smallest absolute Gasteiger partial charge is 0.462 e. The number of ether oxygens (including phenoxy) is 4. The van der Waals surface area contributed by atoms with Crippen LogP contribution in [0, 0.1) is 0 Å². The molecule has 0 fully saturated rings. The number of carbonyl (C=O) groups is 4. The molecular formula is C85H154O17P2. The zero-order valence-electron chi connectivity index (χ0n) is 66.5. The SMILES string of the molecule is CCCCC/C=C\C/C=C\C/C=C\C/C=C\CCCC(=O)O[C@H](COC(=O)CCCCCCCCCCCCCCCCCCC)COP(=O)(O)OC[C@@H](O)COP(=O)(O)OC[C@@H](COC(=O)CCCCCCC/C=C\CCCCCCCC)OC(=O)CCCCCCC/C=C\CCCCCCCC. The first-order chi connectivity index (χ1) is 50.7. The summed E-state index contributed by atoms with van der Waals surface area (Å²) in [7, 11) is -9.97. The van der Waals surface area contributed by atoms with E-state index in [0.29, 0.717) is 32.1 Å². The first kappa shape index (κ1) is 100. The first-order valence-electron chi connectivity index (χ1n) is 42.2. The summed E-state index contributed by atoms with van der Waals surface area (Å²) in [6.45, 7) is 4.84. The zero-order chi connectivity index (χ0) is 76.0. The minimum atomic E-state index is -4.99. The number of hydrogen-bond donors (Lipinski definition) is 3. The Bertz CT molecular complexity index is 2250. The molecule has 104 heavy (non-hydrogen) atoms. The molecule has 2 unspecified atom stereocenters. The topological polar surface area (TPSA) is 237 Å². The third-order valence-electron chi connectivity index (χ3n) is 18.1. The van der Waals surface area contributed by atoms with Crippen LogP contribution in [-0.2, 0) is 65.4 Å². The number of phosphoric ester groups is 2. The number of esters is 4. The monoisotopic (exact) mass is 1510 g/mol. The Morgan fingerprint density at radius 1 is 0.269 bits per heavy atom. The summed E-state index contributed by atoms with van der Waals surface area (Å²) in [4.78, 5) is 73.1. The maximum atomic E-state index is 13.1. The minimum absolute atomic E-state index is 0.0231. The third kappa shape index (κ3) is 76.7. The van der Waals surface area contributed by atoms with E-state index in [1.165, 1.54) is 180 Å². The van der Waals surface area contributed by atoms with Gasteiger partial charge in [0.05, 0.1) is 26.4 Å². The molecule has 0 aliphatic carbocycles. The van der Waals surface area contributed by atoms with Gasteiger partial charge in [-0.1, -0.05) is 319 Å². The van der Waals surface area contributed by atoms with Crippen LogP contribution in [0.1, 0.15) is 387 Å². The highest BCUT2D eigenvalue weighted by Crippen LogP contribution is 2.45. The van der Waals surface area contributed by atoms with Crippen molar-refractivity contribution in [1.29, 1.82) is 0 Å². The van der Waals surface area contributed by atoms with Gasteiger partial charge in [-0.2, -0.15) is 0 Å². The van der Waals surface area contributed by atoms with Crippen molar-refractivity contribution in [2.75, 3.05) is 39.6 Å². The second-order valence-corrected chi connectivity index (χ2v) is 31.3. The summed E-state index contributed by atoms with van der Waals surface area (Å²) in [6, 6.07) is 0. The number of aliphatic hydroxyl groups excluding tert-OH is 1. The molecule has 0 heterocycles. The van der Waals surface area contributed by atoms with Crippen molar-refractivity contribution in [2.24, 2.45) is 0 Å². The fourth-order valence-corrected chi connectivity index (χ4v) is 13.3. The van der Waals surface area contributed by atoms with Crippen LogP contribution in [0.4, 0.5) is 0 Å². The van der Waals surface area contributed by atoms with E-state index in [9.17, 15) is 43.2 Å². The normalized spacial score (nSPS) is 14.2. The van der Waals surface area contributed by atoms with Gasteiger partial charge < -0.3 is 33.8 Å². The van der Waals surface area contributed by atoms with Crippen LogP contribution in [0.5, 0.6) is 0 Å². The highest BCUT2D eigenvalue weighted by atomic mass is 31.2. The second kappa shape index (κ2) is 77.7. The van der Waals surface area contributed by atoms with Gasteiger partial charge in [-0.25, -0.2) is 9.13 Å². The summed E-state index contributed by atoms with van der Waals surface area (Å²) >= 11 is 0. The van der Waals surface area contributed by atoms with Gasteiger partial charge >= 0.3 is 39.5 Å². The Kier molecular flexibility index (Phi) is 75.0. The Labute approximate surface area is 634 Å². The van der Waals surface area contributed by atoms with Gasteiger partial charge in [-0.15, -0.1) is 0 Å². The van der Waals surface area contributed by atoms with Crippen molar-refractivity contribution >= 4 is 39.5 Å². The fourth-order valence-electron chi connectivity index (χ4n) is 11.7. The van der Waals surface area contributed by atoms with Crippen LogP contribution in [0.3, 0.4) is 0 Å². The van der Waals surface area contributed by atoms with Gasteiger partial charge in [0.25, 0.3) is 0 Å². The van der Waals surface area contributed by atoms with Crippen molar-refractivity contribution in [3.8, 4) is 0 Å². The van der Waals surface area contributed by atoms with Gasteiger partial charge in [-0.05, 0) is 116 Å². The van der Waals surface area contributed by atoms with Crippen molar-refractivity contribution in [1.82, 2.24) is 0 Å². The maximum Gasteiger partial charge on any atom is 0.472 e. The van der Waals surface area contributed by atoms with Crippen LogP contribution in [0.15, 0.2) is 72.9 Å². The summed E-state index contributed by atoms with van der Waals surface area (Å²) in [5, 5.41) is 10.7. The number of phosphoric acid groups is 2. The number of allylic oxidation sites excluding steroid dienone is 12. The average molecular weight is 1510 g/mol. The maximum absolute atomic E-state index is 13.1. The molecule has 5 atom stereocenters. The zero-order valence-corrected chi connectivity index (χ0v) is 68.2. The molecular weight excluding hydrogens is 1350 g/mol. The number of rotatable bonds is 80. The molecule has 17 nitrogen and oxygen atoms in total. The standard InChI is InChI=1S/C85H154O17P2/c1-5-9-13-17-21-25-29-33-37-39-43-46-50-54-58-62-66-70-83(88)96-76-81(102-85(90)72-68-64-60-56-52-48-44-40-38-34-30-26-22-18-14-10-6-2)78-100-104(93,94)98-74-79(86)73-97-103(91,92)99-77-80(101-84(89)71-67-63-59-55-51-47-42-36-32-28-24-20-16-12-8-4)75-95-82(87)69-65-61-57-53-49-45-41-35-31-27-23-19-15-11-7-3/h22,26,34-36,38,41-42,44,48,56,60,79-81,86H,5-21,23-25,27-33,37,39-40,43,45-47,49-55,57-59,61-78H2,1-4H3,(H,91,92)(H,93,94)/b26-22-,38-34-,41-35-,42-36-,48-44-,60-56-/t79-,80+,81+/m0/s1. The van der Waals surface area contributed by atoms with E-state index >= 15 is 0 Å². The van der Waals surface area contributed by atoms with Crippen molar-refractivity contribution in [3.63, 3.8) is 0 Å². The third-order valence-corrected chi connectivity index (χ3v) is 20.0. The van der Waals surface area contributed by atoms with E-state index in [1.54, 1.807) is 0 Å². The van der Waals surface area contributed by atoms with Gasteiger partial charge in [0.15, 0.2) is 12.2 Å². The predicted molar refractivity (Wildman–Crippen MR) is 427 cm³/mol. The van der Waals surface area contributed by atoms with E-state index in [2.05, 4.69) is 88.5 Å². The van der Waals surface area contributed by atoms with Crippen molar-refractivity contribution < 1.29 is 80.2 Å². The summed E-state index contributed by atoms with van der Waals surface area (Å²) in [6.07, 6.45) is 80.2. The van der Waals surface area contributed by atoms with Crippen LogP contribution < -0.4 is 0 Å². The van der Waals surface area contributed by atoms with Gasteiger partial charge in [-0.3, -0.25) is 37.3 Å². The molecule has 3 N–H and O–H groups in total. The Balaban J connectivity index is 5.39. The molecule has 606 valence electrons. The lowest BCUT2D eigenvalue weighted by molar-refractivity contribution is -0.161. The summed E-state index contributed by atoms with van der Waals surface area (Å²) in [5.41, 5.74) is 0. The Morgan fingerprint density at radius 3 is 0.788 bits per heavy atom. The molecule has 0 aliphatic heterocycles. The highest BCUT2D eigenvalue weighted by molar-refractivity contribution is 7.47. The molecule has 0 aromatic rings. The second-order valence-electron chi connectivity index (χ2n) is 28.4. The minimum Gasteiger partial charge on any atom is -0.462 e. The lowest BCUT2D eigenvalue weighted by Crippen LogP contribution is -2.30. The van der Waals surface area contributed by atoms with E-state index in [4.69, 9.17) is 37.0 Å². The molecule has 0 saturated carbocycles. The molecule has 0 spiro atoms. The van der Waals surface area contributed by atoms with E-state index < -0.39 is 97.5 Å². The highest BCUT2D eigenvalue weighted by Gasteiger charge is 2.30. The number of carbonyl (C=O) groups excluding carboxylic acids is 4. The van der Waals surface area contributed by atoms with E-state index in [1.807, 2.05) is 12.2 Å². The molecule has 0 saturated heterocycles. The molecule has 0 aromatic carbocycles. The quantitative estimate of drug-likeness (QED) is 0.0169. The molecule has 0 bridgehead atoms. The van der Waals surface area contributed by atoms with Crippen molar-refractivity contribution in [3.05, 3.63) is 72.9 Å². The van der Waals surface area contributed by atoms with Gasteiger partial charge in [0, 0.05) is 25.7 Å². The van der Waals surface area contributed by atoms with Crippen LogP contribution >= 0.6 is 15.6 Å². The first-order valence-corrected chi connectivity index (χ1v) is 45.2. The molecule has 0 aliphatic rings. The number of unbranched alkanes of at least 4 members (excludes halogenated alkanes) is 42. The molecule has 0 amide bonds. The Hall–Kier alpha value is -3.50. The number of hydrogen-bond acceptors (Lipinski definition) is 15. The average Bonchev–Trinajstić information content (AvgIpc) is 1.04. The molecule has 0 rings (SSSR count). The fraction of sp³-hybridized carbons (Fsp3) is 0.812.